The van der Waals surface area contributed by atoms with E-state index in [-0.39, 0.29) is 5.97 Å². The van der Waals surface area contributed by atoms with E-state index in [2.05, 4.69) is 10.2 Å². The number of aromatic nitrogens is 2. The largest absolute Gasteiger partial charge is 0.462 e. The van der Waals surface area contributed by atoms with E-state index in [1.807, 2.05) is 30.3 Å². The van der Waals surface area contributed by atoms with E-state index < -0.39 is 0 Å². The maximum atomic E-state index is 11.8. The molecule has 0 atom stereocenters. The summed E-state index contributed by atoms with van der Waals surface area (Å²) in [7, 11) is 0. The quantitative estimate of drug-likeness (QED) is 0.620. The van der Waals surface area contributed by atoms with Crippen LogP contribution < -0.4 is 0 Å². The van der Waals surface area contributed by atoms with Gasteiger partial charge in [-0.2, -0.15) is 10.2 Å². The second-order valence-electron chi connectivity index (χ2n) is 3.75. The number of rotatable bonds is 5. The van der Waals surface area contributed by atoms with E-state index in [9.17, 15) is 4.79 Å². The molecular weight excluding hydrogens is 260 g/mol. The highest BCUT2D eigenvalue weighted by Crippen LogP contribution is 2.23. The Labute approximate surface area is 116 Å². The fourth-order valence-electron chi connectivity index (χ4n) is 1.53. The number of nitrogens with zero attached hydrogens (tertiary/aromatic N) is 2. The van der Waals surface area contributed by atoms with Crippen LogP contribution in [0, 0.1) is 0 Å². The molecule has 98 valence electrons. The monoisotopic (exact) mass is 274 g/mol. The smallest absolute Gasteiger partial charge is 0.340 e. The maximum absolute atomic E-state index is 11.8. The molecule has 0 aliphatic heterocycles. The summed E-state index contributed by atoms with van der Waals surface area (Å²) >= 11 is 1.65. The van der Waals surface area contributed by atoms with Crippen molar-refractivity contribution in [2.24, 2.45) is 0 Å². The molecule has 0 spiro atoms. The summed E-state index contributed by atoms with van der Waals surface area (Å²) in [6, 6.07) is 10.0. The van der Waals surface area contributed by atoms with E-state index >= 15 is 0 Å². The normalized spacial score (nSPS) is 10.2. The second kappa shape index (κ2) is 6.89. The van der Waals surface area contributed by atoms with Gasteiger partial charge >= 0.3 is 5.97 Å². The van der Waals surface area contributed by atoms with Gasteiger partial charge in [-0.05, 0) is 24.6 Å². The SMILES string of the molecule is CCOC(=O)c1cnncc1CSc1ccccc1. The third-order valence-electron chi connectivity index (χ3n) is 2.45. The Balaban J connectivity index is 2.10. The predicted octanol–water partition coefficient (Wildman–Crippen LogP) is 2.95. The summed E-state index contributed by atoms with van der Waals surface area (Å²) in [6.07, 6.45) is 3.07. The number of ether oxygens (including phenoxy) is 1. The first-order valence-corrected chi connectivity index (χ1v) is 6.94. The molecule has 0 fully saturated rings. The van der Waals surface area contributed by atoms with Crippen LogP contribution in [0.3, 0.4) is 0 Å². The highest BCUT2D eigenvalue weighted by Gasteiger charge is 2.13. The lowest BCUT2D eigenvalue weighted by atomic mass is 10.2. The molecule has 0 saturated carbocycles. The van der Waals surface area contributed by atoms with Gasteiger partial charge in [-0.15, -0.1) is 11.8 Å². The molecule has 2 rings (SSSR count). The Kier molecular flexibility index (Phi) is 4.92. The number of esters is 1. The molecule has 0 aliphatic rings. The molecule has 19 heavy (non-hydrogen) atoms. The Hall–Kier alpha value is -1.88. The van der Waals surface area contributed by atoms with Gasteiger partial charge in [-0.3, -0.25) is 0 Å². The Morgan fingerprint density at radius 2 is 1.95 bits per heavy atom. The van der Waals surface area contributed by atoms with Crippen LogP contribution >= 0.6 is 11.8 Å². The van der Waals surface area contributed by atoms with Crippen molar-refractivity contribution in [3.63, 3.8) is 0 Å². The summed E-state index contributed by atoms with van der Waals surface area (Å²) < 4.78 is 5.00. The summed E-state index contributed by atoms with van der Waals surface area (Å²) in [5.74, 6) is 0.314. The van der Waals surface area contributed by atoms with Crippen LogP contribution in [-0.2, 0) is 10.5 Å². The van der Waals surface area contributed by atoms with Gasteiger partial charge in [-0.1, -0.05) is 18.2 Å². The standard InChI is InChI=1S/C14H14N2O2S/c1-2-18-14(17)13-9-16-15-8-11(13)10-19-12-6-4-3-5-7-12/h3-9H,2,10H2,1H3. The van der Waals surface area contributed by atoms with Crippen LogP contribution in [0.2, 0.25) is 0 Å². The fraction of sp³-hybridized carbons (Fsp3) is 0.214. The molecule has 1 heterocycles. The Morgan fingerprint density at radius 3 is 2.68 bits per heavy atom. The van der Waals surface area contributed by atoms with Crippen LogP contribution in [0.5, 0.6) is 0 Å². The molecule has 0 unspecified atom stereocenters. The fourth-order valence-corrected chi connectivity index (χ4v) is 2.43. The topological polar surface area (TPSA) is 52.1 Å². The van der Waals surface area contributed by atoms with Gasteiger partial charge in [-0.25, -0.2) is 4.79 Å². The van der Waals surface area contributed by atoms with Gasteiger partial charge in [0, 0.05) is 10.6 Å². The summed E-state index contributed by atoms with van der Waals surface area (Å²) in [6.45, 7) is 2.14. The molecule has 0 amide bonds. The van der Waals surface area contributed by atoms with Gasteiger partial charge in [0.25, 0.3) is 0 Å². The lowest BCUT2D eigenvalue weighted by Crippen LogP contribution is -2.09. The molecule has 4 nitrogen and oxygen atoms in total. The van der Waals surface area contributed by atoms with Crippen molar-refractivity contribution in [1.29, 1.82) is 0 Å². The Bertz CT molecular complexity index is 546. The van der Waals surface area contributed by atoms with Crippen molar-refractivity contribution in [2.75, 3.05) is 6.61 Å². The Morgan fingerprint density at radius 1 is 1.21 bits per heavy atom. The molecule has 2 aromatic rings. The zero-order chi connectivity index (χ0) is 13.5. The third kappa shape index (κ3) is 3.79. The highest BCUT2D eigenvalue weighted by atomic mass is 32.2. The number of hydrogen-bond acceptors (Lipinski definition) is 5. The average Bonchev–Trinajstić information content (AvgIpc) is 2.47. The van der Waals surface area contributed by atoms with E-state index in [4.69, 9.17) is 4.74 Å². The van der Waals surface area contributed by atoms with E-state index in [1.165, 1.54) is 6.20 Å². The highest BCUT2D eigenvalue weighted by molar-refractivity contribution is 7.98. The zero-order valence-electron chi connectivity index (χ0n) is 10.6. The number of thioether (sulfide) groups is 1. The van der Waals surface area contributed by atoms with Crippen molar-refractivity contribution in [1.82, 2.24) is 10.2 Å². The molecule has 1 aromatic carbocycles. The minimum Gasteiger partial charge on any atom is -0.462 e. The van der Waals surface area contributed by atoms with E-state index in [0.29, 0.717) is 17.9 Å². The van der Waals surface area contributed by atoms with Gasteiger partial charge < -0.3 is 4.74 Å². The van der Waals surface area contributed by atoms with Crippen molar-refractivity contribution < 1.29 is 9.53 Å². The van der Waals surface area contributed by atoms with Gasteiger partial charge in [0.2, 0.25) is 0 Å². The maximum Gasteiger partial charge on any atom is 0.340 e. The van der Waals surface area contributed by atoms with Crippen LogP contribution in [-0.4, -0.2) is 22.8 Å². The first-order valence-electron chi connectivity index (χ1n) is 5.95. The van der Waals surface area contributed by atoms with Crippen LogP contribution in [0.15, 0.2) is 47.6 Å². The number of carbonyl (C=O) groups excluding carboxylic acids is 1. The first-order chi connectivity index (χ1) is 9.31. The molecule has 0 aliphatic carbocycles. The molecule has 0 bridgehead atoms. The minimum atomic E-state index is -0.346. The predicted molar refractivity (Wildman–Crippen MR) is 74.0 cm³/mol. The van der Waals surface area contributed by atoms with Crippen molar-refractivity contribution in [2.45, 2.75) is 17.6 Å². The van der Waals surface area contributed by atoms with E-state index in [1.54, 1.807) is 24.9 Å². The summed E-state index contributed by atoms with van der Waals surface area (Å²) in [4.78, 5) is 12.9. The van der Waals surface area contributed by atoms with Gasteiger partial charge in [0.1, 0.15) is 0 Å². The summed E-state index contributed by atoms with van der Waals surface area (Å²) in [5, 5.41) is 7.57. The first kappa shape index (κ1) is 13.5. The van der Waals surface area contributed by atoms with Crippen LogP contribution in [0.25, 0.3) is 0 Å². The van der Waals surface area contributed by atoms with Gasteiger partial charge in [0.05, 0.1) is 24.6 Å². The van der Waals surface area contributed by atoms with Crippen LogP contribution in [0.4, 0.5) is 0 Å². The zero-order valence-corrected chi connectivity index (χ0v) is 11.4. The minimum absolute atomic E-state index is 0.346. The summed E-state index contributed by atoms with van der Waals surface area (Å²) in [5.41, 5.74) is 1.32. The molecule has 0 radical (unpaired) electrons. The van der Waals surface area contributed by atoms with Crippen molar-refractivity contribution >= 4 is 17.7 Å². The number of hydrogen-bond donors (Lipinski definition) is 0. The molecular formula is C14H14N2O2S. The number of carbonyl (C=O) groups is 1. The molecule has 1 aromatic heterocycles. The number of benzene rings is 1. The van der Waals surface area contributed by atoms with Gasteiger partial charge in [0.15, 0.2) is 0 Å². The lowest BCUT2D eigenvalue weighted by Gasteiger charge is -2.07. The molecule has 5 heteroatoms. The second-order valence-corrected chi connectivity index (χ2v) is 4.80. The van der Waals surface area contributed by atoms with E-state index in [0.717, 1.165) is 10.5 Å². The van der Waals surface area contributed by atoms with Crippen LogP contribution in [0.1, 0.15) is 22.8 Å². The average molecular weight is 274 g/mol. The van der Waals surface area contributed by atoms with Crippen molar-refractivity contribution in [3.05, 3.63) is 53.9 Å². The van der Waals surface area contributed by atoms with Crippen molar-refractivity contribution in [3.8, 4) is 0 Å². The molecule has 0 saturated heterocycles. The third-order valence-corrected chi connectivity index (χ3v) is 3.51. The lowest BCUT2D eigenvalue weighted by molar-refractivity contribution is 0.0524. The molecule has 0 N–H and O–H groups in total.